The van der Waals surface area contributed by atoms with Crippen molar-refractivity contribution in [3.05, 3.63) is 45.1 Å². The molecule has 0 aliphatic rings. The molecule has 0 unspecified atom stereocenters. The summed E-state index contributed by atoms with van der Waals surface area (Å²) in [5, 5.41) is 12.7. The zero-order valence-electron chi connectivity index (χ0n) is 5.04. The van der Waals surface area contributed by atoms with Crippen LogP contribution >= 0.6 is 11.6 Å². The Hall–Kier alpha value is -1.20. The lowest BCUT2D eigenvalue weighted by molar-refractivity contribution is 1.64. The van der Waals surface area contributed by atoms with Gasteiger partial charge in [-0.2, -0.15) is 0 Å². The Kier molecular flexibility index (Phi) is 2.14. The van der Waals surface area contributed by atoms with E-state index in [-0.39, 0.29) is 0 Å². The molecule has 0 fully saturated rings. The minimum absolute atomic E-state index is 0.577. The highest BCUT2D eigenvalue weighted by Gasteiger charge is 1.93. The molecule has 0 saturated heterocycles. The van der Waals surface area contributed by atoms with E-state index < -0.39 is 0 Å². The number of nitrogens with zero attached hydrogens (tertiary/aromatic N) is 1. The zero-order chi connectivity index (χ0) is 7.40. The first-order valence-electron chi connectivity index (χ1n) is 2.67. The average molecular weight is 154 g/mol. The van der Waals surface area contributed by atoms with Crippen LogP contribution in [0.3, 0.4) is 0 Å². The van der Waals surface area contributed by atoms with Gasteiger partial charge in [0, 0.05) is 10.0 Å². The molecule has 1 rings (SSSR count). The van der Waals surface area contributed by atoms with Gasteiger partial charge in [0.2, 0.25) is 0 Å². The van der Waals surface area contributed by atoms with Crippen LogP contribution in [0.25, 0.3) is 5.01 Å². The summed E-state index contributed by atoms with van der Waals surface area (Å²) in [6.45, 7) is 0. The lowest BCUT2D eigenvalue weighted by Gasteiger charge is -1.84. The van der Waals surface area contributed by atoms with E-state index in [0.29, 0.717) is 10.6 Å². The van der Waals surface area contributed by atoms with Gasteiger partial charge in [0.25, 0.3) is 0 Å². The van der Waals surface area contributed by atoms with E-state index in [0.717, 1.165) is 0 Å². The van der Waals surface area contributed by atoms with Gasteiger partial charge in [0.1, 0.15) is 5.56 Å². The molecule has 1 aromatic carbocycles. The summed E-state index contributed by atoms with van der Waals surface area (Å²) >= 11 is 5.60. The third-order valence-corrected chi connectivity index (χ3v) is 1.23. The molecule has 0 aromatic heterocycles. The fourth-order valence-electron chi connectivity index (χ4n) is 0.611. The molecular formula is C7H4ClNO. The van der Waals surface area contributed by atoms with Crippen molar-refractivity contribution < 1.29 is 0 Å². The van der Waals surface area contributed by atoms with Crippen LogP contribution in [-0.2, 0) is 0 Å². The van der Waals surface area contributed by atoms with Crippen molar-refractivity contribution in [2.24, 2.45) is 0 Å². The number of hydrogen-bond acceptors (Lipinski definition) is 1. The van der Waals surface area contributed by atoms with E-state index in [1.165, 1.54) is 0 Å². The molecule has 0 bridgehead atoms. The van der Waals surface area contributed by atoms with Crippen LogP contribution in [0.15, 0.2) is 24.3 Å². The Labute approximate surface area is 63.5 Å². The molecule has 0 radical (unpaired) electrons. The highest BCUT2D eigenvalue weighted by atomic mass is 35.5. The maximum atomic E-state index is 9.68. The summed E-state index contributed by atoms with van der Waals surface area (Å²) in [6.07, 6.45) is 0. The van der Waals surface area contributed by atoms with Crippen molar-refractivity contribution in [3.8, 4) is 6.07 Å². The van der Waals surface area contributed by atoms with Crippen LogP contribution in [0.5, 0.6) is 0 Å². The highest BCUT2D eigenvalue weighted by molar-refractivity contribution is 6.30. The minimum Gasteiger partial charge on any atom is -0.498 e. The molecule has 0 atom stereocenters. The van der Waals surface area contributed by atoms with E-state index in [1.807, 2.05) is 0 Å². The first-order chi connectivity index (χ1) is 4.83. The Bertz CT molecular complexity index is 287. The second-order valence-corrected chi connectivity index (χ2v) is 2.15. The molecule has 0 amide bonds. The quantitative estimate of drug-likeness (QED) is 0.527. The summed E-state index contributed by atoms with van der Waals surface area (Å²) in [7, 11) is 0. The van der Waals surface area contributed by atoms with Crippen LogP contribution in [-0.4, -0.2) is 0 Å². The fraction of sp³-hybridized carbons (Fsp3) is 0. The molecule has 0 aliphatic heterocycles. The predicted octanol–water partition coefficient (Wildman–Crippen LogP) is 2.52. The van der Waals surface area contributed by atoms with Crippen molar-refractivity contribution in [1.29, 1.82) is 0 Å². The van der Waals surface area contributed by atoms with Crippen LogP contribution in [0.2, 0.25) is 5.02 Å². The average Bonchev–Trinajstić information content (AvgIpc) is 1.88. The SMILES string of the molecule is [O-][N+]#Cc1cccc(Cl)c1. The first-order valence-corrected chi connectivity index (χ1v) is 3.04. The van der Waals surface area contributed by atoms with Gasteiger partial charge in [0.15, 0.2) is 0 Å². The lowest BCUT2D eigenvalue weighted by atomic mass is 10.2. The Morgan fingerprint density at radius 1 is 1.50 bits per heavy atom. The molecule has 0 spiro atoms. The molecule has 1 aromatic rings. The molecular weight excluding hydrogens is 150 g/mol. The van der Waals surface area contributed by atoms with Crippen molar-refractivity contribution >= 4 is 11.6 Å². The van der Waals surface area contributed by atoms with Gasteiger partial charge in [-0.3, -0.25) is 0 Å². The second kappa shape index (κ2) is 3.09. The largest absolute Gasteiger partial charge is 0.498 e. The summed E-state index contributed by atoms with van der Waals surface area (Å²) < 4.78 is 0. The van der Waals surface area contributed by atoms with E-state index in [2.05, 4.69) is 11.1 Å². The van der Waals surface area contributed by atoms with E-state index in [4.69, 9.17) is 11.6 Å². The van der Waals surface area contributed by atoms with E-state index >= 15 is 0 Å². The van der Waals surface area contributed by atoms with Gasteiger partial charge >= 0.3 is 6.07 Å². The molecule has 0 heterocycles. The first kappa shape index (κ1) is 6.91. The lowest BCUT2D eigenvalue weighted by Crippen LogP contribution is -1.70. The molecule has 0 N–H and O–H groups in total. The number of benzene rings is 1. The molecule has 50 valence electrons. The third kappa shape index (κ3) is 1.64. The minimum atomic E-state index is 0.577. The van der Waals surface area contributed by atoms with Crippen molar-refractivity contribution in [3.63, 3.8) is 0 Å². The summed E-state index contributed by atoms with van der Waals surface area (Å²) in [5.41, 5.74) is 0.600. The summed E-state index contributed by atoms with van der Waals surface area (Å²) in [6, 6.07) is 9.00. The maximum Gasteiger partial charge on any atom is 0.336 e. The predicted molar refractivity (Wildman–Crippen MR) is 41.2 cm³/mol. The highest BCUT2D eigenvalue weighted by Crippen LogP contribution is 2.09. The van der Waals surface area contributed by atoms with Crippen molar-refractivity contribution in [1.82, 2.24) is 0 Å². The molecule has 0 aliphatic carbocycles. The van der Waals surface area contributed by atoms with Gasteiger partial charge in [-0.05, 0) is 18.2 Å². The Morgan fingerprint density at radius 2 is 2.30 bits per heavy atom. The topological polar surface area (TPSA) is 27.4 Å². The smallest absolute Gasteiger partial charge is 0.336 e. The van der Waals surface area contributed by atoms with Gasteiger partial charge in [-0.15, -0.1) is 0 Å². The second-order valence-electron chi connectivity index (χ2n) is 1.71. The summed E-state index contributed by atoms with van der Waals surface area (Å²) in [5.74, 6) is 0. The Morgan fingerprint density at radius 3 is 2.90 bits per heavy atom. The van der Waals surface area contributed by atoms with Crippen molar-refractivity contribution in [2.45, 2.75) is 0 Å². The van der Waals surface area contributed by atoms with Crippen LogP contribution in [0.1, 0.15) is 5.56 Å². The zero-order valence-corrected chi connectivity index (χ0v) is 5.80. The van der Waals surface area contributed by atoms with Crippen molar-refractivity contribution in [2.75, 3.05) is 0 Å². The molecule has 10 heavy (non-hydrogen) atoms. The van der Waals surface area contributed by atoms with E-state index in [1.54, 1.807) is 24.3 Å². The number of halogens is 1. The molecule has 2 nitrogen and oxygen atoms in total. The van der Waals surface area contributed by atoms with Crippen LogP contribution < -0.4 is 0 Å². The monoisotopic (exact) mass is 153 g/mol. The van der Waals surface area contributed by atoms with Gasteiger partial charge in [-0.1, -0.05) is 17.7 Å². The number of rotatable bonds is 0. The normalized spacial score (nSPS) is 8.10. The number of hydrogen-bond donors (Lipinski definition) is 0. The fourth-order valence-corrected chi connectivity index (χ4v) is 0.801. The molecule has 0 saturated carbocycles. The maximum absolute atomic E-state index is 9.68. The standard InChI is InChI=1S/C7H4ClNO/c8-7-3-1-2-6(4-7)5-9-10/h1-4H. The summed E-state index contributed by atoms with van der Waals surface area (Å²) in [4.78, 5) is 0. The Balaban J connectivity index is 3.03. The van der Waals surface area contributed by atoms with Crippen LogP contribution in [0.4, 0.5) is 0 Å². The molecule has 3 heteroatoms. The van der Waals surface area contributed by atoms with Gasteiger partial charge in [-0.25, -0.2) is 0 Å². The van der Waals surface area contributed by atoms with E-state index in [9.17, 15) is 5.21 Å². The van der Waals surface area contributed by atoms with Crippen LogP contribution in [0, 0.1) is 11.3 Å². The van der Waals surface area contributed by atoms with Gasteiger partial charge < -0.3 is 5.21 Å². The van der Waals surface area contributed by atoms with Gasteiger partial charge in [0.05, 0.1) is 0 Å². The third-order valence-electron chi connectivity index (χ3n) is 0.999.